The van der Waals surface area contributed by atoms with Crippen LogP contribution in [0.1, 0.15) is 40.2 Å². The van der Waals surface area contributed by atoms with E-state index in [9.17, 15) is 4.79 Å². The second-order valence-corrected chi connectivity index (χ2v) is 6.08. The van der Waals surface area contributed by atoms with E-state index in [1.165, 1.54) is 7.11 Å². The molecule has 0 heterocycles. The SMILES string of the molecule is COC(=O)C(C)(NCC(C)C)c1ccc(OC(C)C)cc1. The fourth-order valence-corrected chi connectivity index (χ4v) is 2.04. The zero-order valence-corrected chi connectivity index (χ0v) is 13.9. The number of benzene rings is 1. The van der Waals surface area contributed by atoms with Gasteiger partial charge in [-0.1, -0.05) is 26.0 Å². The molecule has 1 aromatic rings. The van der Waals surface area contributed by atoms with E-state index in [1.54, 1.807) is 0 Å². The number of methoxy groups -OCH3 is 1. The third-order valence-electron chi connectivity index (χ3n) is 3.26. The normalized spacial score (nSPS) is 14.1. The van der Waals surface area contributed by atoms with Gasteiger partial charge in [0.1, 0.15) is 11.3 Å². The van der Waals surface area contributed by atoms with Gasteiger partial charge in [0, 0.05) is 0 Å². The highest BCUT2D eigenvalue weighted by Crippen LogP contribution is 2.25. The topological polar surface area (TPSA) is 47.6 Å². The van der Waals surface area contributed by atoms with Crippen molar-refractivity contribution in [3.63, 3.8) is 0 Å². The van der Waals surface area contributed by atoms with Gasteiger partial charge in [0.05, 0.1) is 13.2 Å². The van der Waals surface area contributed by atoms with Gasteiger partial charge in [0.15, 0.2) is 0 Å². The molecule has 1 aromatic carbocycles. The Morgan fingerprint density at radius 1 is 1.19 bits per heavy atom. The molecule has 0 saturated heterocycles. The molecule has 1 atom stereocenters. The number of ether oxygens (including phenoxy) is 2. The average molecular weight is 293 g/mol. The molecule has 1 rings (SSSR count). The summed E-state index contributed by atoms with van der Waals surface area (Å²) in [4.78, 5) is 12.2. The van der Waals surface area contributed by atoms with Gasteiger partial charge >= 0.3 is 5.97 Å². The first-order chi connectivity index (χ1) is 9.79. The van der Waals surface area contributed by atoms with E-state index < -0.39 is 5.54 Å². The van der Waals surface area contributed by atoms with Crippen molar-refractivity contribution in [3.8, 4) is 5.75 Å². The van der Waals surface area contributed by atoms with Crippen molar-refractivity contribution in [2.45, 2.75) is 46.3 Å². The minimum absolute atomic E-state index is 0.127. The van der Waals surface area contributed by atoms with Crippen LogP contribution in [0.25, 0.3) is 0 Å². The Kier molecular flexibility index (Phi) is 6.21. The van der Waals surface area contributed by atoms with Crippen molar-refractivity contribution in [3.05, 3.63) is 29.8 Å². The van der Waals surface area contributed by atoms with E-state index in [2.05, 4.69) is 19.2 Å². The van der Waals surface area contributed by atoms with Crippen LogP contribution in [-0.2, 0) is 15.1 Å². The molecular formula is C17H27NO3. The zero-order valence-electron chi connectivity index (χ0n) is 13.9. The van der Waals surface area contributed by atoms with E-state index in [1.807, 2.05) is 45.0 Å². The number of hydrogen-bond acceptors (Lipinski definition) is 4. The maximum atomic E-state index is 12.2. The molecule has 0 amide bonds. The molecule has 0 fully saturated rings. The van der Waals surface area contributed by atoms with Crippen LogP contribution in [0.5, 0.6) is 5.75 Å². The highest BCUT2D eigenvalue weighted by Gasteiger charge is 2.36. The minimum atomic E-state index is -0.852. The van der Waals surface area contributed by atoms with Crippen LogP contribution in [0.3, 0.4) is 0 Å². The van der Waals surface area contributed by atoms with Crippen LogP contribution >= 0.6 is 0 Å². The second-order valence-electron chi connectivity index (χ2n) is 6.08. The lowest BCUT2D eigenvalue weighted by Gasteiger charge is -2.29. The quantitative estimate of drug-likeness (QED) is 0.785. The van der Waals surface area contributed by atoms with Crippen LogP contribution in [-0.4, -0.2) is 25.7 Å². The maximum Gasteiger partial charge on any atom is 0.330 e. The van der Waals surface area contributed by atoms with E-state index in [4.69, 9.17) is 9.47 Å². The summed E-state index contributed by atoms with van der Waals surface area (Å²) in [7, 11) is 1.41. The Morgan fingerprint density at radius 3 is 2.19 bits per heavy atom. The maximum absolute atomic E-state index is 12.2. The van der Waals surface area contributed by atoms with Crippen molar-refractivity contribution < 1.29 is 14.3 Å². The van der Waals surface area contributed by atoms with E-state index in [0.717, 1.165) is 17.9 Å². The molecule has 1 unspecified atom stereocenters. The van der Waals surface area contributed by atoms with Crippen molar-refractivity contribution >= 4 is 5.97 Å². The summed E-state index contributed by atoms with van der Waals surface area (Å²) in [6.07, 6.45) is 0.127. The zero-order chi connectivity index (χ0) is 16.0. The summed E-state index contributed by atoms with van der Waals surface area (Å²) in [5.74, 6) is 0.947. The van der Waals surface area contributed by atoms with Crippen LogP contribution in [0.4, 0.5) is 0 Å². The van der Waals surface area contributed by atoms with Crippen molar-refractivity contribution in [2.24, 2.45) is 5.92 Å². The highest BCUT2D eigenvalue weighted by molar-refractivity contribution is 5.82. The summed E-state index contributed by atoms with van der Waals surface area (Å²) < 4.78 is 10.6. The number of carbonyl (C=O) groups is 1. The van der Waals surface area contributed by atoms with Crippen LogP contribution in [0, 0.1) is 5.92 Å². The van der Waals surface area contributed by atoms with Crippen molar-refractivity contribution in [1.82, 2.24) is 5.32 Å². The van der Waals surface area contributed by atoms with Gasteiger partial charge in [0.25, 0.3) is 0 Å². The van der Waals surface area contributed by atoms with Gasteiger partial charge in [0.2, 0.25) is 0 Å². The minimum Gasteiger partial charge on any atom is -0.491 e. The molecule has 0 aliphatic rings. The lowest BCUT2D eigenvalue weighted by molar-refractivity contribution is -0.148. The largest absolute Gasteiger partial charge is 0.491 e. The lowest BCUT2D eigenvalue weighted by Crippen LogP contribution is -2.48. The molecule has 0 aromatic heterocycles. The molecule has 4 heteroatoms. The molecular weight excluding hydrogens is 266 g/mol. The first kappa shape index (κ1) is 17.5. The molecule has 118 valence electrons. The van der Waals surface area contributed by atoms with Crippen LogP contribution in [0.2, 0.25) is 0 Å². The van der Waals surface area contributed by atoms with Gasteiger partial charge in [-0.3, -0.25) is 5.32 Å². The summed E-state index contributed by atoms with van der Waals surface area (Å²) in [6, 6.07) is 7.57. The summed E-state index contributed by atoms with van der Waals surface area (Å²) in [5, 5.41) is 3.31. The van der Waals surface area contributed by atoms with Gasteiger partial charge in [-0.2, -0.15) is 0 Å². The molecule has 21 heavy (non-hydrogen) atoms. The molecule has 0 spiro atoms. The number of rotatable bonds is 7. The molecule has 0 radical (unpaired) electrons. The molecule has 0 saturated carbocycles. The molecule has 0 aliphatic carbocycles. The third kappa shape index (κ3) is 4.74. The standard InChI is InChI=1S/C17H27NO3/c1-12(2)11-18-17(5,16(19)20-6)14-7-9-15(10-8-14)21-13(3)4/h7-10,12-13,18H,11H2,1-6H3. The lowest BCUT2D eigenvalue weighted by atomic mass is 9.91. The Hall–Kier alpha value is -1.55. The average Bonchev–Trinajstić information content (AvgIpc) is 2.44. The smallest absolute Gasteiger partial charge is 0.330 e. The van der Waals surface area contributed by atoms with Crippen LogP contribution in [0.15, 0.2) is 24.3 Å². The number of hydrogen-bond donors (Lipinski definition) is 1. The van der Waals surface area contributed by atoms with E-state index >= 15 is 0 Å². The van der Waals surface area contributed by atoms with Crippen molar-refractivity contribution in [1.29, 1.82) is 0 Å². The third-order valence-corrected chi connectivity index (χ3v) is 3.26. The summed E-state index contributed by atoms with van der Waals surface area (Å²) in [5.41, 5.74) is 0.0150. The predicted octanol–water partition coefficient (Wildman–Crippen LogP) is 3.11. The Bertz CT molecular complexity index is 454. The number of nitrogens with one attached hydrogen (secondary N) is 1. The van der Waals surface area contributed by atoms with E-state index in [-0.39, 0.29) is 12.1 Å². The van der Waals surface area contributed by atoms with Gasteiger partial charge in [-0.05, 0) is 50.9 Å². The van der Waals surface area contributed by atoms with E-state index in [0.29, 0.717) is 5.92 Å². The van der Waals surface area contributed by atoms with Gasteiger partial charge in [-0.15, -0.1) is 0 Å². The second kappa shape index (κ2) is 7.46. The number of esters is 1. The summed E-state index contributed by atoms with van der Waals surface area (Å²) >= 11 is 0. The summed E-state index contributed by atoms with van der Waals surface area (Å²) in [6.45, 7) is 10.7. The fourth-order valence-electron chi connectivity index (χ4n) is 2.04. The highest BCUT2D eigenvalue weighted by atomic mass is 16.5. The first-order valence-corrected chi connectivity index (χ1v) is 7.40. The molecule has 4 nitrogen and oxygen atoms in total. The molecule has 0 aliphatic heterocycles. The predicted molar refractivity (Wildman–Crippen MR) is 84.4 cm³/mol. The Balaban J connectivity index is 3.00. The Labute approximate surface area is 127 Å². The van der Waals surface area contributed by atoms with Gasteiger partial charge in [-0.25, -0.2) is 4.79 Å². The van der Waals surface area contributed by atoms with Crippen molar-refractivity contribution in [2.75, 3.05) is 13.7 Å². The Morgan fingerprint density at radius 2 is 1.76 bits per heavy atom. The first-order valence-electron chi connectivity index (χ1n) is 7.40. The van der Waals surface area contributed by atoms with Gasteiger partial charge < -0.3 is 9.47 Å². The molecule has 1 N–H and O–H groups in total. The molecule has 0 bridgehead atoms. The monoisotopic (exact) mass is 293 g/mol. The van der Waals surface area contributed by atoms with Crippen LogP contribution < -0.4 is 10.1 Å². The number of carbonyl (C=O) groups excluding carboxylic acids is 1. The fraction of sp³-hybridized carbons (Fsp3) is 0.588.